The fourth-order valence-electron chi connectivity index (χ4n) is 2.66. The number of aromatic nitrogens is 1. The van der Waals surface area contributed by atoms with Gasteiger partial charge in [0.05, 0.1) is 17.3 Å². The summed E-state index contributed by atoms with van der Waals surface area (Å²) in [6, 6.07) is 14.1. The summed E-state index contributed by atoms with van der Waals surface area (Å²) in [7, 11) is 0. The van der Waals surface area contributed by atoms with Crippen LogP contribution in [0.2, 0.25) is 0 Å². The van der Waals surface area contributed by atoms with Crippen molar-refractivity contribution in [3.63, 3.8) is 0 Å². The molecule has 24 heavy (non-hydrogen) atoms. The van der Waals surface area contributed by atoms with Gasteiger partial charge in [-0.2, -0.15) is 0 Å². The number of para-hydroxylation sites is 1. The highest BCUT2D eigenvalue weighted by Crippen LogP contribution is 2.30. The Morgan fingerprint density at radius 1 is 1.17 bits per heavy atom. The number of pyridine rings is 1. The molecule has 0 aliphatic carbocycles. The van der Waals surface area contributed by atoms with Gasteiger partial charge in [0.15, 0.2) is 0 Å². The summed E-state index contributed by atoms with van der Waals surface area (Å²) < 4.78 is 5.83. The number of nitrogens with zero attached hydrogens (tertiary/aromatic N) is 1. The lowest BCUT2D eigenvalue weighted by molar-refractivity contribution is 0.167. The highest BCUT2D eigenvalue weighted by Gasteiger charge is 2.11. The standard InChI is InChI=1S/C20H23NO2S/c1-2-3-4-9-19(22)20-12-17(14-24-20)23-13-16-11-10-15-7-5-6-8-18(15)21-16/h5-8,10-12,14,19,22H,2-4,9,13H2,1H3. The minimum Gasteiger partial charge on any atom is -0.486 e. The van der Waals surface area contributed by atoms with Gasteiger partial charge >= 0.3 is 0 Å². The third kappa shape index (κ3) is 4.34. The molecular weight excluding hydrogens is 318 g/mol. The van der Waals surface area contributed by atoms with E-state index in [2.05, 4.69) is 24.0 Å². The number of ether oxygens (including phenoxy) is 1. The van der Waals surface area contributed by atoms with Gasteiger partial charge in [-0.05, 0) is 24.6 Å². The van der Waals surface area contributed by atoms with Crippen LogP contribution in [0.15, 0.2) is 47.8 Å². The smallest absolute Gasteiger partial charge is 0.130 e. The van der Waals surface area contributed by atoms with E-state index in [1.54, 1.807) is 11.3 Å². The van der Waals surface area contributed by atoms with Crippen LogP contribution in [0.4, 0.5) is 0 Å². The molecule has 1 N–H and O–H groups in total. The van der Waals surface area contributed by atoms with E-state index in [1.807, 2.05) is 35.7 Å². The maximum Gasteiger partial charge on any atom is 0.130 e. The predicted molar refractivity (Wildman–Crippen MR) is 99.5 cm³/mol. The minimum absolute atomic E-state index is 0.377. The van der Waals surface area contributed by atoms with E-state index in [4.69, 9.17) is 4.74 Å². The molecule has 0 radical (unpaired) electrons. The molecule has 0 aliphatic rings. The van der Waals surface area contributed by atoms with E-state index in [-0.39, 0.29) is 6.10 Å². The number of benzene rings is 1. The summed E-state index contributed by atoms with van der Waals surface area (Å²) >= 11 is 1.56. The molecule has 3 nitrogen and oxygen atoms in total. The molecule has 126 valence electrons. The summed E-state index contributed by atoms with van der Waals surface area (Å²) in [4.78, 5) is 5.59. The number of hydrogen-bond acceptors (Lipinski definition) is 4. The van der Waals surface area contributed by atoms with Gasteiger partial charge in [-0.15, -0.1) is 11.3 Å². The number of hydrogen-bond donors (Lipinski definition) is 1. The Kier molecular flexibility index (Phi) is 5.83. The minimum atomic E-state index is -0.377. The van der Waals surface area contributed by atoms with Crippen LogP contribution in [0.25, 0.3) is 10.9 Å². The van der Waals surface area contributed by atoms with Crippen molar-refractivity contribution < 1.29 is 9.84 Å². The van der Waals surface area contributed by atoms with E-state index in [1.165, 1.54) is 12.8 Å². The Balaban J connectivity index is 1.58. The molecule has 2 heterocycles. The zero-order valence-electron chi connectivity index (χ0n) is 13.9. The Bertz CT molecular complexity index is 784. The molecule has 0 amide bonds. The fraction of sp³-hybridized carbons (Fsp3) is 0.350. The summed E-state index contributed by atoms with van der Waals surface area (Å²) in [6.07, 6.45) is 3.84. The first-order valence-electron chi connectivity index (χ1n) is 8.50. The molecule has 2 aromatic heterocycles. The molecule has 0 aliphatic heterocycles. The average Bonchev–Trinajstić information content (AvgIpc) is 3.09. The van der Waals surface area contributed by atoms with Crippen molar-refractivity contribution in [2.24, 2.45) is 0 Å². The number of fused-ring (bicyclic) bond motifs is 1. The van der Waals surface area contributed by atoms with E-state index < -0.39 is 0 Å². The van der Waals surface area contributed by atoms with Gasteiger partial charge in [-0.3, -0.25) is 0 Å². The van der Waals surface area contributed by atoms with Crippen LogP contribution >= 0.6 is 11.3 Å². The molecule has 1 atom stereocenters. The third-order valence-electron chi connectivity index (χ3n) is 4.05. The van der Waals surface area contributed by atoms with Gasteiger partial charge in [0.2, 0.25) is 0 Å². The Morgan fingerprint density at radius 2 is 2.04 bits per heavy atom. The van der Waals surface area contributed by atoms with Crippen LogP contribution in [0, 0.1) is 0 Å². The summed E-state index contributed by atoms with van der Waals surface area (Å²) in [5, 5.41) is 13.3. The van der Waals surface area contributed by atoms with Gasteiger partial charge in [-0.1, -0.05) is 50.5 Å². The third-order valence-corrected chi connectivity index (χ3v) is 5.06. The van der Waals surface area contributed by atoms with E-state index in [0.29, 0.717) is 6.61 Å². The molecule has 0 saturated carbocycles. The first kappa shape index (κ1) is 16.9. The second kappa shape index (κ2) is 8.27. The number of unbranched alkanes of at least 4 members (excludes halogenated alkanes) is 2. The Morgan fingerprint density at radius 3 is 2.92 bits per heavy atom. The van der Waals surface area contributed by atoms with Crippen LogP contribution in [0.5, 0.6) is 5.75 Å². The average molecular weight is 341 g/mol. The maximum absolute atomic E-state index is 10.2. The molecule has 1 unspecified atom stereocenters. The summed E-state index contributed by atoms with van der Waals surface area (Å²) in [5.74, 6) is 0.805. The molecule has 1 aromatic carbocycles. The summed E-state index contributed by atoms with van der Waals surface area (Å²) in [5.41, 5.74) is 1.89. The van der Waals surface area contributed by atoms with E-state index in [9.17, 15) is 5.11 Å². The first-order valence-corrected chi connectivity index (χ1v) is 9.38. The van der Waals surface area contributed by atoms with Gasteiger partial charge in [-0.25, -0.2) is 4.98 Å². The number of aliphatic hydroxyl groups excluding tert-OH is 1. The molecule has 0 fully saturated rings. The van der Waals surface area contributed by atoms with E-state index >= 15 is 0 Å². The molecular formula is C20H23NO2S. The van der Waals surface area contributed by atoms with Crippen molar-refractivity contribution in [1.29, 1.82) is 0 Å². The van der Waals surface area contributed by atoms with Crippen molar-refractivity contribution in [2.75, 3.05) is 0 Å². The van der Waals surface area contributed by atoms with Crippen LogP contribution in [0.3, 0.4) is 0 Å². The van der Waals surface area contributed by atoms with Crippen molar-refractivity contribution in [2.45, 2.75) is 45.3 Å². The number of rotatable bonds is 8. The van der Waals surface area contributed by atoms with Gasteiger partial charge in [0, 0.05) is 15.6 Å². The monoisotopic (exact) mass is 341 g/mol. The molecule has 3 aromatic rings. The van der Waals surface area contributed by atoms with Crippen molar-refractivity contribution in [1.82, 2.24) is 4.98 Å². The first-order chi connectivity index (χ1) is 11.8. The quantitative estimate of drug-likeness (QED) is 0.551. The SMILES string of the molecule is CCCCCC(O)c1cc(OCc2ccc3ccccc3n2)cs1. The van der Waals surface area contributed by atoms with Crippen molar-refractivity contribution in [3.8, 4) is 5.75 Å². The lowest BCUT2D eigenvalue weighted by Crippen LogP contribution is -1.98. The van der Waals surface area contributed by atoms with Crippen LogP contribution in [-0.4, -0.2) is 10.1 Å². The molecule has 3 rings (SSSR count). The lowest BCUT2D eigenvalue weighted by atomic mass is 10.1. The summed E-state index contributed by atoms with van der Waals surface area (Å²) in [6.45, 7) is 2.61. The normalized spacial score (nSPS) is 12.4. The second-order valence-corrected chi connectivity index (χ2v) is 6.92. The van der Waals surface area contributed by atoms with Gasteiger partial charge < -0.3 is 9.84 Å². The lowest BCUT2D eigenvalue weighted by Gasteiger charge is -2.07. The number of aliphatic hydroxyl groups is 1. The number of thiophene rings is 1. The Hall–Kier alpha value is -1.91. The van der Waals surface area contributed by atoms with Gasteiger partial charge in [0.25, 0.3) is 0 Å². The van der Waals surface area contributed by atoms with Crippen LogP contribution in [-0.2, 0) is 6.61 Å². The highest BCUT2D eigenvalue weighted by molar-refractivity contribution is 7.10. The topological polar surface area (TPSA) is 42.4 Å². The van der Waals surface area contributed by atoms with Crippen molar-refractivity contribution in [3.05, 3.63) is 58.4 Å². The Labute approximate surface area is 146 Å². The second-order valence-electron chi connectivity index (χ2n) is 5.98. The predicted octanol–water partition coefficient (Wildman–Crippen LogP) is 5.49. The highest BCUT2D eigenvalue weighted by atomic mass is 32.1. The zero-order valence-corrected chi connectivity index (χ0v) is 14.8. The largest absolute Gasteiger partial charge is 0.486 e. The van der Waals surface area contributed by atoms with Crippen LogP contribution < -0.4 is 4.74 Å². The zero-order chi connectivity index (χ0) is 16.8. The van der Waals surface area contributed by atoms with Gasteiger partial charge in [0.1, 0.15) is 12.4 Å². The molecule has 0 bridgehead atoms. The molecule has 0 saturated heterocycles. The van der Waals surface area contributed by atoms with Crippen LogP contribution in [0.1, 0.15) is 49.3 Å². The molecule has 0 spiro atoms. The maximum atomic E-state index is 10.2. The van der Waals surface area contributed by atoms with E-state index in [0.717, 1.165) is 40.1 Å². The van der Waals surface area contributed by atoms with Crippen molar-refractivity contribution >= 4 is 22.2 Å². The fourth-order valence-corrected chi connectivity index (χ4v) is 3.51. The molecule has 4 heteroatoms.